The molecular weight excluding hydrogens is 402 g/mol. The molecule has 0 amide bonds. The molecule has 1 saturated heterocycles. The molecule has 3 heterocycles. The molecule has 5 heteroatoms. The van der Waals surface area contributed by atoms with Gasteiger partial charge in [0.2, 0.25) is 0 Å². The molecule has 27 heavy (non-hydrogen) atoms. The molecule has 1 aromatic carbocycles. The Morgan fingerprint density at radius 2 is 1.89 bits per heavy atom. The number of likely N-dealkylation sites (tertiary alicyclic amines) is 1. The summed E-state index contributed by atoms with van der Waals surface area (Å²) in [5.41, 5.74) is 4.34. The van der Waals surface area contributed by atoms with E-state index >= 15 is 0 Å². The van der Waals surface area contributed by atoms with Gasteiger partial charge in [0.25, 0.3) is 0 Å². The summed E-state index contributed by atoms with van der Waals surface area (Å²) in [7, 11) is 1.69. The van der Waals surface area contributed by atoms with Crippen molar-refractivity contribution in [2.24, 2.45) is 0 Å². The molecule has 0 unspecified atom stereocenters. The second-order valence-corrected chi connectivity index (χ2v) is 7.84. The van der Waals surface area contributed by atoms with Crippen LogP contribution in [0.15, 0.2) is 53.1 Å². The lowest BCUT2D eigenvalue weighted by Crippen LogP contribution is -2.29. The van der Waals surface area contributed by atoms with Gasteiger partial charge in [-0.3, -0.25) is 4.90 Å². The summed E-state index contributed by atoms with van der Waals surface area (Å²) in [6.07, 6.45) is 10.5. The van der Waals surface area contributed by atoms with E-state index in [1.807, 2.05) is 28.9 Å². The standard InChI is InChI=1S/C22H24BrN3O/c1-27-19-9-7-17(8-10-19)22-20(6-5-14-25-12-3-2-4-13-25)21-16-18(23)11-15-26(21)24-22/h5-11,15-16H,2-4,12-14H2,1H3. The molecule has 4 rings (SSSR count). The number of hydrogen-bond donors (Lipinski definition) is 0. The van der Waals surface area contributed by atoms with Crippen LogP contribution >= 0.6 is 15.9 Å². The molecule has 1 aliphatic rings. The summed E-state index contributed by atoms with van der Waals surface area (Å²) < 4.78 is 8.30. The van der Waals surface area contributed by atoms with Crippen LogP contribution in [-0.4, -0.2) is 41.3 Å². The third-order valence-electron chi connectivity index (χ3n) is 5.10. The third-order valence-corrected chi connectivity index (χ3v) is 5.59. The topological polar surface area (TPSA) is 29.8 Å². The van der Waals surface area contributed by atoms with Crippen LogP contribution in [0.25, 0.3) is 22.9 Å². The molecule has 1 fully saturated rings. The Balaban J connectivity index is 1.70. The number of rotatable bonds is 5. The minimum absolute atomic E-state index is 0.854. The number of halogens is 1. The van der Waals surface area contributed by atoms with Crippen LogP contribution in [0.1, 0.15) is 24.8 Å². The van der Waals surface area contributed by atoms with E-state index in [1.54, 1.807) is 7.11 Å². The normalized spacial score (nSPS) is 15.6. The highest BCUT2D eigenvalue weighted by molar-refractivity contribution is 9.10. The Kier molecular flexibility index (Phi) is 5.60. The van der Waals surface area contributed by atoms with E-state index in [0.717, 1.165) is 39.1 Å². The molecule has 3 aromatic rings. The van der Waals surface area contributed by atoms with Gasteiger partial charge in [-0.05, 0) is 62.3 Å². The van der Waals surface area contributed by atoms with Crippen LogP contribution in [0.2, 0.25) is 0 Å². The first-order valence-electron chi connectivity index (χ1n) is 9.46. The highest BCUT2D eigenvalue weighted by Gasteiger charge is 2.14. The van der Waals surface area contributed by atoms with Crippen LogP contribution < -0.4 is 4.74 Å². The molecule has 0 aliphatic carbocycles. The zero-order valence-corrected chi connectivity index (χ0v) is 17.2. The average molecular weight is 426 g/mol. The molecule has 140 valence electrons. The number of methoxy groups -OCH3 is 1. The number of nitrogens with zero attached hydrogens (tertiary/aromatic N) is 3. The van der Waals surface area contributed by atoms with Crippen LogP contribution in [-0.2, 0) is 0 Å². The van der Waals surface area contributed by atoms with Crippen molar-refractivity contribution in [3.63, 3.8) is 0 Å². The zero-order chi connectivity index (χ0) is 18.6. The van der Waals surface area contributed by atoms with E-state index in [9.17, 15) is 0 Å². The molecule has 1 aliphatic heterocycles. The van der Waals surface area contributed by atoms with Gasteiger partial charge in [-0.2, -0.15) is 5.10 Å². The van der Waals surface area contributed by atoms with Gasteiger partial charge in [0.15, 0.2) is 0 Å². The zero-order valence-electron chi connectivity index (χ0n) is 15.6. The van der Waals surface area contributed by atoms with E-state index in [0.29, 0.717) is 0 Å². The van der Waals surface area contributed by atoms with Crippen molar-refractivity contribution in [1.82, 2.24) is 14.5 Å². The molecule has 0 atom stereocenters. The Morgan fingerprint density at radius 1 is 1.11 bits per heavy atom. The van der Waals surface area contributed by atoms with Crippen LogP contribution in [0.3, 0.4) is 0 Å². The second kappa shape index (κ2) is 8.28. The fourth-order valence-electron chi connectivity index (χ4n) is 3.63. The van der Waals surface area contributed by atoms with Gasteiger partial charge in [0.1, 0.15) is 11.4 Å². The van der Waals surface area contributed by atoms with E-state index in [2.05, 4.69) is 51.2 Å². The molecule has 0 saturated carbocycles. The van der Waals surface area contributed by atoms with Crippen molar-refractivity contribution < 1.29 is 4.74 Å². The van der Waals surface area contributed by atoms with Crippen LogP contribution in [0.5, 0.6) is 5.75 Å². The van der Waals surface area contributed by atoms with Crippen molar-refractivity contribution in [2.75, 3.05) is 26.7 Å². The number of fused-ring (bicyclic) bond motifs is 1. The predicted octanol–water partition coefficient (Wildman–Crippen LogP) is 5.27. The van der Waals surface area contributed by atoms with Crippen molar-refractivity contribution >= 4 is 27.5 Å². The summed E-state index contributed by atoms with van der Waals surface area (Å²) in [6.45, 7) is 3.40. The molecule has 0 spiro atoms. The number of hydrogen-bond acceptors (Lipinski definition) is 3. The monoisotopic (exact) mass is 425 g/mol. The molecule has 0 radical (unpaired) electrons. The molecule has 0 N–H and O–H groups in total. The maximum Gasteiger partial charge on any atom is 0.118 e. The lowest BCUT2D eigenvalue weighted by atomic mass is 10.1. The Labute approximate surface area is 168 Å². The number of ether oxygens (including phenoxy) is 1. The lowest BCUT2D eigenvalue weighted by molar-refractivity contribution is 0.252. The molecule has 2 aromatic heterocycles. The number of aromatic nitrogens is 2. The van der Waals surface area contributed by atoms with E-state index in [-0.39, 0.29) is 0 Å². The Bertz CT molecular complexity index is 940. The highest BCUT2D eigenvalue weighted by atomic mass is 79.9. The smallest absolute Gasteiger partial charge is 0.118 e. The maximum atomic E-state index is 5.29. The van der Waals surface area contributed by atoms with Gasteiger partial charge < -0.3 is 4.74 Å². The van der Waals surface area contributed by atoms with E-state index in [1.165, 1.54) is 32.4 Å². The van der Waals surface area contributed by atoms with Gasteiger partial charge in [0.05, 0.1) is 12.6 Å². The van der Waals surface area contributed by atoms with Gasteiger partial charge in [-0.15, -0.1) is 0 Å². The SMILES string of the molecule is COc1ccc(-c2nn3ccc(Br)cc3c2C=CCN2CCCCC2)cc1. The average Bonchev–Trinajstić information content (AvgIpc) is 3.07. The first kappa shape index (κ1) is 18.3. The second-order valence-electron chi connectivity index (χ2n) is 6.93. The van der Waals surface area contributed by atoms with Gasteiger partial charge in [-0.1, -0.05) is 34.5 Å². The summed E-state index contributed by atoms with van der Waals surface area (Å²) in [5.74, 6) is 0.854. The molecule has 0 bridgehead atoms. The number of pyridine rings is 1. The highest BCUT2D eigenvalue weighted by Crippen LogP contribution is 2.30. The molecular formula is C22H24BrN3O. The summed E-state index contributed by atoms with van der Waals surface area (Å²) >= 11 is 3.59. The van der Waals surface area contributed by atoms with Gasteiger partial charge in [-0.25, -0.2) is 4.52 Å². The van der Waals surface area contributed by atoms with Crippen molar-refractivity contribution in [1.29, 1.82) is 0 Å². The third kappa shape index (κ3) is 4.09. The van der Waals surface area contributed by atoms with E-state index in [4.69, 9.17) is 9.84 Å². The summed E-state index contributed by atoms with van der Waals surface area (Å²) in [4.78, 5) is 2.52. The van der Waals surface area contributed by atoms with Crippen LogP contribution in [0.4, 0.5) is 0 Å². The largest absolute Gasteiger partial charge is 0.497 e. The van der Waals surface area contributed by atoms with Crippen molar-refractivity contribution in [3.05, 3.63) is 58.7 Å². The number of benzene rings is 1. The Hall–Kier alpha value is -2.11. The summed E-state index contributed by atoms with van der Waals surface area (Å²) in [6, 6.07) is 12.2. The van der Waals surface area contributed by atoms with Crippen molar-refractivity contribution in [2.45, 2.75) is 19.3 Å². The first-order chi connectivity index (χ1) is 13.2. The van der Waals surface area contributed by atoms with Crippen LogP contribution in [0, 0.1) is 0 Å². The lowest BCUT2D eigenvalue weighted by Gasteiger charge is -2.24. The first-order valence-corrected chi connectivity index (χ1v) is 10.2. The van der Waals surface area contributed by atoms with Gasteiger partial charge in [0, 0.05) is 28.3 Å². The fraction of sp³-hybridized carbons (Fsp3) is 0.318. The van der Waals surface area contributed by atoms with E-state index < -0.39 is 0 Å². The van der Waals surface area contributed by atoms with Crippen molar-refractivity contribution in [3.8, 4) is 17.0 Å². The fourth-order valence-corrected chi connectivity index (χ4v) is 3.96. The minimum atomic E-state index is 0.854. The minimum Gasteiger partial charge on any atom is -0.497 e. The quantitative estimate of drug-likeness (QED) is 0.557. The molecule has 4 nitrogen and oxygen atoms in total. The van der Waals surface area contributed by atoms with Gasteiger partial charge >= 0.3 is 0 Å². The number of piperidine rings is 1. The summed E-state index contributed by atoms with van der Waals surface area (Å²) in [5, 5.41) is 4.84. The predicted molar refractivity (Wildman–Crippen MR) is 114 cm³/mol. The maximum absolute atomic E-state index is 5.29. The Morgan fingerprint density at radius 3 is 2.63 bits per heavy atom.